The SMILES string of the molecule is CNc1ccc(C(=O)NC2CC(OC)C2)nn1. The van der Waals surface area contributed by atoms with Crippen LogP contribution < -0.4 is 10.6 Å². The van der Waals surface area contributed by atoms with E-state index >= 15 is 0 Å². The summed E-state index contributed by atoms with van der Waals surface area (Å²) in [5.41, 5.74) is 0.338. The highest BCUT2D eigenvalue weighted by Gasteiger charge is 2.30. The van der Waals surface area contributed by atoms with E-state index in [1.54, 1.807) is 26.3 Å². The number of ether oxygens (including phenoxy) is 1. The van der Waals surface area contributed by atoms with E-state index in [2.05, 4.69) is 20.8 Å². The molecule has 1 aliphatic carbocycles. The fourth-order valence-corrected chi connectivity index (χ4v) is 1.72. The van der Waals surface area contributed by atoms with Crippen molar-refractivity contribution in [3.05, 3.63) is 17.8 Å². The molecule has 1 amide bonds. The number of anilines is 1. The van der Waals surface area contributed by atoms with E-state index in [1.807, 2.05) is 0 Å². The Labute approximate surface area is 99.8 Å². The molecule has 1 fully saturated rings. The van der Waals surface area contributed by atoms with Gasteiger partial charge in [-0.2, -0.15) is 0 Å². The van der Waals surface area contributed by atoms with E-state index in [0.29, 0.717) is 11.5 Å². The molecule has 6 nitrogen and oxygen atoms in total. The van der Waals surface area contributed by atoms with Crippen molar-refractivity contribution < 1.29 is 9.53 Å². The standard InChI is InChI=1S/C11H16N4O2/c1-12-10-4-3-9(14-15-10)11(16)13-7-5-8(6-7)17-2/h3-4,7-8H,5-6H2,1-2H3,(H,12,15)(H,13,16). The average molecular weight is 236 g/mol. The number of methoxy groups -OCH3 is 1. The minimum absolute atomic E-state index is 0.181. The van der Waals surface area contributed by atoms with Crippen molar-refractivity contribution in [3.8, 4) is 0 Å². The molecule has 1 aromatic rings. The van der Waals surface area contributed by atoms with E-state index in [1.165, 1.54) is 0 Å². The molecule has 0 saturated heterocycles. The van der Waals surface area contributed by atoms with Gasteiger partial charge in [0, 0.05) is 20.2 Å². The van der Waals surface area contributed by atoms with E-state index in [-0.39, 0.29) is 18.1 Å². The maximum absolute atomic E-state index is 11.8. The lowest BCUT2D eigenvalue weighted by Crippen LogP contribution is -2.47. The van der Waals surface area contributed by atoms with Crippen LogP contribution in [0.25, 0.3) is 0 Å². The predicted molar refractivity (Wildman–Crippen MR) is 62.9 cm³/mol. The highest BCUT2D eigenvalue weighted by molar-refractivity contribution is 5.92. The predicted octanol–water partition coefficient (Wildman–Crippen LogP) is 0.425. The Balaban J connectivity index is 1.87. The number of hydrogen-bond donors (Lipinski definition) is 2. The minimum Gasteiger partial charge on any atom is -0.381 e. The molecule has 1 aliphatic rings. The second-order valence-corrected chi connectivity index (χ2v) is 4.05. The van der Waals surface area contributed by atoms with Crippen LogP contribution >= 0.6 is 0 Å². The van der Waals surface area contributed by atoms with Crippen molar-refractivity contribution in [1.82, 2.24) is 15.5 Å². The molecule has 1 saturated carbocycles. The minimum atomic E-state index is -0.181. The molecule has 0 aromatic carbocycles. The fourth-order valence-electron chi connectivity index (χ4n) is 1.72. The van der Waals surface area contributed by atoms with E-state index < -0.39 is 0 Å². The van der Waals surface area contributed by atoms with Gasteiger partial charge in [0.25, 0.3) is 5.91 Å². The normalized spacial score (nSPS) is 22.7. The van der Waals surface area contributed by atoms with Gasteiger partial charge in [0.1, 0.15) is 5.82 Å². The average Bonchev–Trinajstić information content (AvgIpc) is 2.33. The largest absolute Gasteiger partial charge is 0.381 e. The second kappa shape index (κ2) is 5.09. The highest BCUT2D eigenvalue weighted by atomic mass is 16.5. The lowest BCUT2D eigenvalue weighted by molar-refractivity contribution is 0.0175. The number of hydrogen-bond acceptors (Lipinski definition) is 5. The number of nitrogens with one attached hydrogen (secondary N) is 2. The summed E-state index contributed by atoms with van der Waals surface area (Å²) >= 11 is 0. The summed E-state index contributed by atoms with van der Waals surface area (Å²) in [6, 6.07) is 3.57. The second-order valence-electron chi connectivity index (χ2n) is 4.05. The van der Waals surface area contributed by atoms with E-state index in [0.717, 1.165) is 12.8 Å². The molecule has 1 heterocycles. The van der Waals surface area contributed by atoms with Crippen LogP contribution in [0.2, 0.25) is 0 Å². The Morgan fingerprint density at radius 3 is 2.71 bits per heavy atom. The summed E-state index contributed by atoms with van der Waals surface area (Å²) in [6.45, 7) is 0. The molecular formula is C11H16N4O2. The number of carbonyl (C=O) groups is 1. The van der Waals surface area contributed by atoms with Crippen LogP contribution in [0.1, 0.15) is 23.3 Å². The van der Waals surface area contributed by atoms with Crippen LogP contribution in [0.5, 0.6) is 0 Å². The summed E-state index contributed by atoms with van der Waals surface area (Å²) in [4.78, 5) is 11.8. The van der Waals surface area contributed by atoms with Crippen LogP contribution in [0.15, 0.2) is 12.1 Å². The Morgan fingerprint density at radius 2 is 2.18 bits per heavy atom. The monoisotopic (exact) mass is 236 g/mol. The Kier molecular flexibility index (Phi) is 3.53. The van der Waals surface area contributed by atoms with Crippen LogP contribution in [0.4, 0.5) is 5.82 Å². The fraction of sp³-hybridized carbons (Fsp3) is 0.545. The number of aromatic nitrogens is 2. The van der Waals surface area contributed by atoms with Gasteiger partial charge in [-0.1, -0.05) is 0 Å². The molecule has 2 rings (SSSR count). The van der Waals surface area contributed by atoms with Crippen molar-refractivity contribution in [1.29, 1.82) is 0 Å². The molecule has 0 bridgehead atoms. The Morgan fingerprint density at radius 1 is 1.41 bits per heavy atom. The van der Waals surface area contributed by atoms with Crippen molar-refractivity contribution in [2.24, 2.45) is 0 Å². The first-order valence-electron chi connectivity index (χ1n) is 5.58. The molecule has 0 aliphatic heterocycles. The van der Waals surface area contributed by atoms with Gasteiger partial charge in [0.15, 0.2) is 5.69 Å². The lowest BCUT2D eigenvalue weighted by atomic mass is 9.89. The zero-order chi connectivity index (χ0) is 12.3. The number of rotatable bonds is 4. The molecular weight excluding hydrogens is 220 g/mol. The summed E-state index contributed by atoms with van der Waals surface area (Å²) in [5.74, 6) is 0.462. The summed E-state index contributed by atoms with van der Waals surface area (Å²) < 4.78 is 5.15. The quantitative estimate of drug-likeness (QED) is 0.792. The number of carbonyl (C=O) groups excluding carboxylic acids is 1. The third-order valence-electron chi connectivity index (χ3n) is 2.92. The zero-order valence-electron chi connectivity index (χ0n) is 9.93. The molecule has 92 valence electrons. The van der Waals surface area contributed by atoms with Gasteiger partial charge in [-0.15, -0.1) is 10.2 Å². The van der Waals surface area contributed by atoms with Gasteiger partial charge in [-0.3, -0.25) is 4.79 Å². The lowest BCUT2D eigenvalue weighted by Gasteiger charge is -2.34. The Hall–Kier alpha value is -1.69. The van der Waals surface area contributed by atoms with Crippen LogP contribution in [0.3, 0.4) is 0 Å². The smallest absolute Gasteiger partial charge is 0.272 e. The molecule has 6 heteroatoms. The summed E-state index contributed by atoms with van der Waals surface area (Å²) in [6.07, 6.45) is 2.01. The molecule has 0 spiro atoms. The van der Waals surface area contributed by atoms with Crippen LogP contribution in [0, 0.1) is 0 Å². The first-order chi connectivity index (χ1) is 8.22. The van der Waals surface area contributed by atoms with Gasteiger partial charge in [0.05, 0.1) is 6.10 Å². The first kappa shape index (κ1) is 11.8. The molecule has 0 radical (unpaired) electrons. The van der Waals surface area contributed by atoms with Crippen molar-refractivity contribution in [2.45, 2.75) is 25.0 Å². The molecule has 1 aromatic heterocycles. The van der Waals surface area contributed by atoms with Gasteiger partial charge >= 0.3 is 0 Å². The zero-order valence-corrected chi connectivity index (χ0v) is 9.93. The topological polar surface area (TPSA) is 76.1 Å². The summed E-state index contributed by atoms with van der Waals surface area (Å²) in [7, 11) is 3.44. The maximum atomic E-state index is 11.8. The number of nitrogens with zero attached hydrogens (tertiary/aromatic N) is 2. The van der Waals surface area contributed by atoms with Crippen molar-refractivity contribution >= 4 is 11.7 Å². The number of amides is 1. The first-order valence-corrected chi connectivity index (χ1v) is 5.58. The van der Waals surface area contributed by atoms with Crippen molar-refractivity contribution in [3.63, 3.8) is 0 Å². The Bertz CT molecular complexity index is 387. The molecule has 0 atom stereocenters. The van der Waals surface area contributed by atoms with Crippen LogP contribution in [-0.4, -0.2) is 42.4 Å². The van der Waals surface area contributed by atoms with Gasteiger partial charge in [0.2, 0.25) is 0 Å². The third-order valence-corrected chi connectivity index (χ3v) is 2.92. The van der Waals surface area contributed by atoms with Crippen LogP contribution in [-0.2, 0) is 4.74 Å². The van der Waals surface area contributed by atoms with Gasteiger partial charge < -0.3 is 15.4 Å². The summed E-state index contributed by atoms with van der Waals surface area (Å²) in [5, 5.41) is 13.4. The maximum Gasteiger partial charge on any atom is 0.272 e. The van der Waals surface area contributed by atoms with Gasteiger partial charge in [-0.25, -0.2) is 0 Å². The molecule has 17 heavy (non-hydrogen) atoms. The van der Waals surface area contributed by atoms with Gasteiger partial charge in [-0.05, 0) is 25.0 Å². The third kappa shape index (κ3) is 2.71. The molecule has 0 unspecified atom stereocenters. The van der Waals surface area contributed by atoms with E-state index in [4.69, 9.17) is 4.74 Å². The van der Waals surface area contributed by atoms with Crippen molar-refractivity contribution in [2.75, 3.05) is 19.5 Å². The molecule has 2 N–H and O–H groups in total. The highest BCUT2D eigenvalue weighted by Crippen LogP contribution is 2.22. The van der Waals surface area contributed by atoms with E-state index in [9.17, 15) is 4.79 Å².